The number of aromatic carboxylic acids is 1. The van der Waals surface area contributed by atoms with Crippen molar-refractivity contribution in [1.82, 2.24) is 4.90 Å². The highest BCUT2D eigenvalue weighted by molar-refractivity contribution is 6.01. The molecule has 2 aliphatic rings. The SMILES string of the molecule is CCN(c1c(-c2ccc(CN3CCOCC3)cc2)cc(C)c(C)c1C(=O)O)C1CCOCC1. The van der Waals surface area contributed by atoms with Crippen LogP contribution >= 0.6 is 0 Å². The van der Waals surface area contributed by atoms with Gasteiger partial charge < -0.3 is 19.5 Å². The van der Waals surface area contributed by atoms with E-state index >= 15 is 0 Å². The first kappa shape index (κ1) is 23.7. The van der Waals surface area contributed by atoms with Crippen LogP contribution in [0, 0.1) is 13.8 Å². The third-order valence-electron chi connectivity index (χ3n) is 7.07. The molecule has 0 atom stereocenters. The van der Waals surface area contributed by atoms with E-state index < -0.39 is 5.97 Å². The van der Waals surface area contributed by atoms with Crippen molar-refractivity contribution in [3.63, 3.8) is 0 Å². The van der Waals surface area contributed by atoms with Crippen LogP contribution in [0.1, 0.15) is 46.8 Å². The predicted molar refractivity (Wildman–Crippen MR) is 131 cm³/mol. The molecule has 33 heavy (non-hydrogen) atoms. The highest BCUT2D eigenvalue weighted by Gasteiger charge is 2.29. The second kappa shape index (κ2) is 10.7. The maximum Gasteiger partial charge on any atom is 0.338 e. The summed E-state index contributed by atoms with van der Waals surface area (Å²) in [6.45, 7) is 12.7. The number of ether oxygens (including phenoxy) is 2. The van der Waals surface area contributed by atoms with Crippen molar-refractivity contribution in [1.29, 1.82) is 0 Å². The van der Waals surface area contributed by atoms with Crippen LogP contribution in [-0.4, -0.2) is 68.1 Å². The Bertz CT molecular complexity index is 961. The topological polar surface area (TPSA) is 62.2 Å². The van der Waals surface area contributed by atoms with Gasteiger partial charge in [-0.25, -0.2) is 4.79 Å². The number of rotatable bonds is 7. The monoisotopic (exact) mass is 452 g/mol. The Morgan fingerprint density at radius 2 is 1.70 bits per heavy atom. The van der Waals surface area contributed by atoms with E-state index in [2.05, 4.69) is 47.1 Å². The molecule has 0 spiro atoms. The van der Waals surface area contributed by atoms with Crippen LogP contribution in [-0.2, 0) is 16.0 Å². The first-order valence-corrected chi connectivity index (χ1v) is 12.1. The lowest BCUT2D eigenvalue weighted by molar-refractivity contribution is 0.0342. The number of benzene rings is 2. The molecule has 4 rings (SSSR count). The van der Waals surface area contributed by atoms with E-state index in [9.17, 15) is 9.90 Å². The molecule has 178 valence electrons. The van der Waals surface area contributed by atoms with E-state index in [0.717, 1.165) is 93.4 Å². The van der Waals surface area contributed by atoms with Crippen molar-refractivity contribution in [3.8, 4) is 11.1 Å². The van der Waals surface area contributed by atoms with Gasteiger partial charge in [0.15, 0.2) is 0 Å². The molecule has 6 nitrogen and oxygen atoms in total. The minimum absolute atomic E-state index is 0.281. The van der Waals surface area contributed by atoms with E-state index in [0.29, 0.717) is 5.56 Å². The average Bonchev–Trinajstić information content (AvgIpc) is 2.83. The second-order valence-corrected chi connectivity index (χ2v) is 9.11. The molecule has 2 heterocycles. The van der Waals surface area contributed by atoms with Gasteiger partial charge in [0.1, 0.15) is 0 Å². The number of hydrogen-bond acceptors (Lipinski definition) is 5. The smallest absolute Gasteiger partial charge is 0.338 e. The molecule has 0 amide bonds. The number of hydrogen-bond donors (Lipinski definition) is 1. The number of carboxylic acid groups (broad SMARTS) is 1. The standard InChI is InChI=1S/C27H36N2O4/c1-4-29(23-9-13-32-14-10-23)26-24(17-19(2)20(3)25(26)27(30)31)22-7-5-21(6-8-22)18-28-11-15-33-16-12-28/h5-8,17,23H,4,9-16,18H2,1-3H3,(H,30,31). The molecule has 2 saturated heterocycles. The van der Waals surface area contributed by atoms with Gasteiger partial charge in [0.05, 0.1) is 24.5 Å². The number of morpholine rings is 1. The largest absolute Gasteiger partial charge is 0.478 e. The molecule has 0 radical (unpaired) electrons. The van der Waals surface area contributed by atoms with Gasteiger partial charge in [0.2, 0.25) is 0 Å². The third-order valence-corrected chi connectivity index (χ3v) is 7.07. The normalized spacial score (nSPS) is 17.8. The Morgan fingerprint density at radius 1 is 1.06 bits per heavy atom. The summed E-state index contributed by atoms with van der Waals surface area (Å²) in [7, 11) is 0. The zero-order chi connectivity index (χ0) is 23.4. The first-order valence-electron chi connectivity index (χ1n) is 12.1. The zero-order valence-electron chi connectivity index (χ0n) is 20.1. The van der Waals surface area contributed by atoms with Crippen molar-refractivity contribution < 1.29 is 19.4 Å². The van der Waals surface area contributed by atoms with Gasteiger partial charge in [0.25, 0.3) is 0 Å². The van der Waals surface area contributed by atoms with Crippen LogP contribution in [0.2, 0.25) is 0 Å². The molecular weight excluding hydrogens is 416 g/mol. The summed E-state index contributed by atoms with van der Waals surface area (Å²) in [5.41, 5.74) is 6.45. The van der Waals surface area contributed by atoms with Crippen LogP contribution in [0.4, 0.5) is 5.69 Å². The predicted octanol–water partition coefficient (Wildman–Crippen LogP) is 4.51. The summed E-state index contributed by atoms with van der Waals surface area (Å²) in [5, 5.41) is 10.2. The molecule has 1 N–H and O–H groups in total. The summed E-state index contributed by atoms with van der Waals surface area (Å²) in [6, 6.07) is 11.1. The minimum Gasteiger partial charge on any atom is -0.478 e. The highest BCUT2D eigenvalue weighted by atomic mass is 16.5. The van der Waals surface area contributed by atoms with Crippen LogP contribution in [0.5, 0.6) is 0 Å². The number of carbonyl (C=O) groups is 1. The molecule has 2 aromatic rings. The lowest BCUT2D eigenvalue weighted by Crippen LogP contribution is -2.40. The van der Waals surface area contributed by atoms with Gasteiger partial charge in [-0.15, -0.1) is 0 Å². The van der Waals surface area contributed by atoms with E-state index in [1.807, 2.05) is 13.8 Å². The molecule has 0 aliphatic carbocycles. The second-order valence-electron chi connectivity index (χ2n) is 9.11. The Hall–Kier alpha value is -2.41. The molecule has 0 saturated carbocycles. The molecule has 0 bridgehead atoms. The van der Waals surface area contributed by atoms with Crippen LogP contribution in [0.15, 0.2) is 30.3 Å². The fraction of sp³-hybridized carbons (Fsp3) is 0.519. The van der Waals surface area contributed by atoms with E-state index in [4.69, 9.17) is 9.47 Å². The van der Waals surface area contributed by atoms with Crippen LogP contribution < -0.4 is 4.90 Å². The molecule has 0 unspecified atom stereocenters. The van der Waals surface area contributed by atoms with E-state index in [-0.39, 0.29) is 6.04 Å². The van der Waals surface area contributed by atoms with E-state index in [1.165, 1.54) is 5.56 Å². The summed E-state index contributed by atoms with van der Waals surface area (Å²) >= 11 is 0. The summed E-state index contributed by atoms with van der Waals surface area (Å²) < 4.78 is 11.0. The molecule has 0 aromatic heterocycles. The van der Waals surface area contributed by atoms with E-state index in [1.54, 1.807) is 0 Å². The van der Waals surface area contributed by atoms with Crippen LogP contribution in [0.3, 0.4) is 0 Å². The summed E-state index contributed by atoms with van der Waals surface area (Å²) in [5.74, 6) is -0.859. The van der Waals surface area contributed by atoms with Crippen molar-refractivity contribution >= 4 is 11.7 Å². The maximum atomic E-state index is 12.5. The fourth-order valence-corrected chi connectivity index (χ4v) is 5.09. The lowest BCUT2D eigenvalue weighted by atomic mass is 9.90. The van der Waals surface area contributed by atoms with Gasteiger partial charge in [-0.05, 0) is 61.9 Å². The molecule has 2 fully saturated rings. The Kier molecular flexibility index (Phi) is 7.68. The number of aryl methyl sites for hydroxylation is 1. The quantitative estimate of drug-likeness (QED) is 0.667. The Balaban J connectivity index is 1.74. The van der Waals surface area contributed by atoms with Crippen molar-refractivity contribution in [2.75, 3.05) is 51.0 Å². The zero-order valence-corrected chi connectivity index (χ0v) is 20.1. The lowest BCUT2D eigenvalue weighted by Gasteiger charge is -2.38. The van der Waals surface area contributed by atoms with Crippen LogP contribution in [0.25, 0.3) is 11.1 Å². The van der Waals surface area contributed by atoms with Crippen molar-refractivity contribution in [3.05, 3.63) is 52.6 Å². The molecule has 2 aliphatic heterocycles. The number of carboxylic acids is 1. The molecule has 2 aromatic carbocycles. The number of nitrogens with zero attached hydrogens (tertiary/aromatic N) is 2. The molecule has 6 heteroatoms. The maximum absolute atomic E-state index is 12.5. The number of anilines is 1. The molecular formula is C27H36N2O4. The average molecular weight is 453 g/mol. The first-order chi connectivity index (χ1) is 16.0. The van der Waals surface area contributed by atoms with Gasteiger partial charge in [-0.1, -0.05) is 24.3 Å². The summed E-state index contributed by atoms with van der Waals surface area (Å²) in [6.07, 6.45) is 1.83. The summed E-state index contributed by atoms with van der Waals surface area (Å²) in [4.78, 5) is 17.2. The highest BCUT2D eigenvalue weighted by Crippen LogP contribution is 2.40. The third kappa shape index (κ3) is 5.24. The Labute approximate surface area is 197 Å². The fourth-order valence-electron chi connectivity index (χ4n) is 5.09. The van der Waals surface area contributed by atoms with Crippen molar-refractivity contribution in [2.45, 2.75) is 46.2 Å². The Morgan fingerprint density at radius 3 is 2.30 bits per heavy atom. The van der Waals surface area contributed by atoms with Gasteiger partial charge in [0, 0.05) is 51.0 Å². The van der Waals surface area contributed by atoms with Gasteiger partial charge in [-0.3, -0.25) is 4.90 Å². The van der Waals surface area contributed by atoms with Gasteiger partial charge in [-0.2, -0.15) is 0 Å². The minimum atomic E-state index is -0.859. The van der Waals surface area contributed by atoms with Gasteiger partial charge >= 0.3 is 5.97 Å². The van der Waals surface area contributed by atoms with Crippen molar-refractivity contribution in [2.24, 2.45) is 0 Å².